The molecule has 1 aliphatic rings. The Morgan fingerprint density at radius 3 is 2.31 bits per heavy atom. The zero-order chi connectivity index (χ0) is 23.2. The first-order valence-corrected chi connectivity index (χ1v) is 12.2. The molecule has 0 aliphatic carbocycles. The van der Waals surface area contributed by atoms with Crippen LogP contribution in [0.1, 0.15) is 35.4 Å². The van der Waals surface area contributed by atoms with Crippen LogP contribution in [0.5, 0.6) is 0 Å². The van der Waals surface area contributed by atoms with Gasteiger partial charge in [0.25, 0.3) is 0 Å². The van der Waals surface area contributed by atoms with E-state index >= 15 is 0 Å². The van der Waals surface area contributed by atoms with E-state index in [1.54, 1.807) is 0 Å². The van der Waals surface area contributed by atoms with Crippen molar-refractivity contribution < 1.29 is 18.9 Å². The van der Waals surface area contributed by atoms with Crippen LogP contribution < -0.4 is 10.4 Å². The summed E-state index contributed by atoms with van der Waals surface area (Å²) in [7, 11) is 1.60. The molecular weight excluding hydrogens is 426 g/mol. The highest BCUT2D eigenvalue weighted by atomic mass is 31.2. The number of phosphoric ester groups is 1. The SMILES string of the molecule is [B]c1cc(C)c(-n2cc(C)c3c(N4CCC(COP(=O)(O)O)CC4)nc(C)nc32)c(C)c1. The second-order valence-corrected chi connectivity index (χ2v) is 9.93. The van der Waals surface area contributed by atoms with E-state index in [9.17, 15) is 4.57 Å². The molecule has 0 amide bonds. The van der Waals surface area contributed by atoms with E-state index in [1.165, 1.54) is 0 Å². The lowest BCUT2D eigenvalue weighted by molar-refractivity contribution is 0.156. The summed E-state index contributed by atoms with van der Waals surface area (Å²) in [6.07, 6.45) is 3.66. The first kappa shape index (κ1) is 23.0. The molecule has 0 saturated carbocycles. The Morgan fingerprint density at radius 1 is 1.09 bits per heavy atom. The molecule has 2 aromatic heterocycles. The molecule has 2 radical (unpaired) electrons. The molecule has 1 saturated heterocycles. The lowest BCUT2D eigenvalue weighted by atomic mass is 9.91. The molecule has 0 atom stereocenters. The van der Waals surface area contributed by atoms with Gasteiger partial charge in [-0.05, 0) is 63.1 Å². The Balaban J connectivity index is 1.69. The van der Waals surface area contributed by atoms with E-state index < -0.39 is 7.82 Å². The number of hydrogen-bond acceptors (Lipinski definition) is 5. The van der Waals surface area contributed by atoms with E-state index in [1.807, 2.05) is 19.1 Å². The van der Waals surface area contributed by atoms with E-state index in [-0.39, 0.29) is 12.5 Å². The van der Waals surface area contributed by atoms with Gasteiger partial charge in [-0.1, -0.05) is 17.6 Å². The summed E-state index contributed by atoms with van der Waals surface area (Å²) in [5.41, 5.74) is 5.96. The molecule has 8 nitrogen and oxygen atoms in total. The monoisotopic (exact) mass is 454 g/mol. The molecule has 32 heavy (non-hydrogen) atoms. The van der Waals surface area contributed by atoms with Crippen LogP contribution in [-0.4, -0.2) is 51.9 Å². The summed E-state index contributed by atoms with van der Waals surface area (Å²) in [5, 5.41) is 1.02. The highest BCUT2D eigenvalue weighted by molar-refractivity contribution is 7.46. The Bertz CT molecular complexity index is 1190. The predicted octanol–water partition coefficient (Wildman–Crippen LogP) is 2.77. The lowest BCUT2D eigenvalue weighted by Crippen LogP contribution is -2.35. The third-order valence-electron chi connectivity index (χ3n) is 6.07. The van der Waals surface area contributed by atoms with Crippen LogP contribution in [0.2, 0.25) is 0 Å². The van der Waals surface area contributed by atoms with Crippen LogP contribution in [0, 0.1) is 33.6 Å². The van der Waals surface area contributed by atoms with Crippen molar-refractivity contribution in [3.63, 3.8) is 0 Å². The number of nitrogens with zero attached hydrogens (tertiary/aromatic N) is 4. The van der Waals surface area contributed by atoms with E-state index in [0.717, 1.165) is 70.6 Å². The second-order valence-electron chi connectivity index (χ2n) is 8.70. The molecule has 1 aromatic carbocycles. The minimum atomic E-state index is -4.43. The van der Waals surface area contributed by atoms with Crippen molar-refractivity contribution >= 4 is 38.0 Å². The highest BCUT2D eigenvalue weighted by Crippen LogP contribution is 2.38. The fraction of sp³-hybridized carbons (Fsp3) is 0.455. The molecule has 0 bridgehead atoms. The number of hydrogen-bond donors (Lipinski definition) is 2. The van der Waals surface area contributed by atoms with Crippen LogP contribution in [0.15, 0.2) is 18.3 Å². The summed E-state index contributed by atoms with van der Waals surface area (Å²) in [5.74, 6) is 1.72. The number of rotatable bonds is 5. The Kier molecular flexibility index (Phi) is 6.20. The quantitative estimate of drug-likeness (QED) is 0.452. The summed E-state index contributed by atoms with van der Waals surface area (Å²) in [6, 6.07) is 3.95. The standard InChI is InChI=1S/C22H28BN4O4P/c1-13-9-18(23)10-14(2)20(13)27-11-15(3)19-21(24-16(4)25-22(19)27)26-7-5-17(6-8-26)12-31-32(28,29)30/h9-11,17H,5-8,12H2,1-4H3,(H2,28,29,30). The molecule has 3 aromatic rings. The van der Waals surface area contributed by atoms with E-state index in [2.05, 4.69) is 36.4 Å². The smallest absolute Gasteiger partial charge is 0.356 e. The molecule has 10 heteroatoms. The van der Waals surface area contributed by atoms with Gasteiger partial charge in [0.1, 0.15) is 19.5 Å². The lowest BCUT2D eigenvalue weighted by Gasteiger charge is -2.33. The van der Waals surface area contributed by atoms with Crippen LogP contribution in [0.3, 0.4) is 0 Å². The van der Waals surface area contributed by atoms with Crippen molar-refractivity contribution in [1.82, 2.24) is 14.5 Å². The van der Waals surface area contributed by atoms with Gasteiger partial charge >= 0.3 is 7.82 Å². The molecule has 0 spiro atoms. The van der Waals surface area contributed by atoms with E-state index in [4.69, 9.17) is 32.1 Å². The van der Waals surface area contributed by atoms with Gasteiger partial charge in [0.15, 0.2) is 5.65 Å². The van der Waals surface area contributed by atoms with Crippen LogP contribution in [0.4, 0.5) is 5.82 Å². The zero-order valence-electron chi connectivity index (χ0n) is 18.9. The van der Waals surface area contributed by atoms with Gasteiger partial charge in [0, 0.05) is 19.3 Å². The van der Waals surface area contributed by atoms with Crippen LogP contribution >= 0.6 is 7.82 Å². The number of piperidine rings is 1. The highest BCUT2D eigenvalue weighted by Gasteiger charge is 2.26. The third kappa shape index (κ3) is 4.62. The number of anilines is 1. The van der Waals surface area contributed by atoms with Gasteiger partial charge in [-0.15, -0.1) is 0 Å². The largest absolute Gasteiger partial charge is 0.469 e. The maximum Gasteiger partial charge on any atom is 0.469 e. The predicted molar refractivity (Wildman–Crippen MR) is 126 cm³/mol. The molecule has 1 aliphatic heterocycles. The van der Waals surface area contributed by atoms with Crippen molar-refractivity contribution in [1.29, 1.82) is 0 Å². The maximum absolute atomic E-state index is 11.0. The van der Waals surface area contributed by atoms with Crippen molar-refractivity contribution in [2.75, 3.05) is 24.6 Å². The normalized spacial score (nSPS) is 15.6. The van der Waals surface area contributed by atoms with Crippen molar-refractivity contribution in [2.45, 2.75) is 40.5 Å². The van der Waals surface area contributed by atoms with Crippen LogP contribution in [-0.2, 0) is 9.09 Å². The number of phosphoric acid groups is 1. The first-order chi connectivity index (χ1) is 15.0. The number of aryl methyl sites for hydroxylation is 4. The average Bonchev–Trinajstić information content (AvgIpc) is 3.01. The Labute approximate surface area is 189 Å². The Morgan fingerprint density at radius 2 is 1.72 bits per heavy atom. The van der Waals surface area contributed by atoms with Crippen molar-refractivity contribution in [3.8, 4) is 5.69 Å². The summed E-state index contributed by atoms with van der Waals surface area (Å²) < 4.78 is 17.8. The van der Waals surface area contributed by atoms with Gasteiger partial charge in [-0.3, -0.25) is 4.52 Å². The summed E-state index contributed by atoms with van der Waals surface area (Å²) >= 11 is 0. The molecule has 3 heterocycles. The third-order valence-corrected chi connectivity index (χ3v) is 6.56. The first-order valence-electron chi connectivity index (χ1n) is 10.7. The minimum absolute atomic E-state index is 0.0709. The maximum atomic E-state index is 11.0. The van der Waals surface area contributed by atoms with Gasteiger partial charge in [-0.2, -0.15) is 0 Å². The summed E-state index contributed by atoms with van der Waals surface area (Å²) in [4.78, 5) is 29.7. The second kappa shape index (κ2) is 8.63. The molecule has 0 unspecified atom stereocenters. The van der Waals surface area contributed by atoms with Gasteiger partial charge in [-0.25, -0.2) is 14.5 Å². The number of benzene rings is 1. The fourth-order valence-electron chi connectivity index (χ4n) is 4.67. The molecule has 168 valence electrons. The van der Waals surface area contributed by atoms with Gasteiger partial charge in [0.2, 0.25) is 0 Å². The minimum Gasteiger partial charge on any atom is -0.356 e. The van der Waals surface area contributed by atoms with Crippen molar-refractivity contribution in [2.24, 2.45) is 5.92 Å². The molecule has 1 fully saturated rings. The number of aromatic nitrogens is 3. The van der Waals surface area contributed by atoms with Crippen molar-refractivity contribution in [3.05, 3.63) is 40.8 Å². The van der Waals surface area contributed by atoms with E-state index in [0.29, 0.717) is 5.82 Å². The molecule has 4 rings (SSSR count). The summed E-state index contributed by atoms with van der Waals surface area (Å²) in [6.45, 7) is 9.64. The Hall–Kier alpha value is -2.19. The van der Waals surface area contributed by atoms with Gasteiger partial charge < -0.3 is 19.3 Å². The average molecular weight is 454 g/mol. The molecule has 2 N–H and O–H groups in total. The fourth-order valence-corrected chi connectivity index (χ4v) is 5.08. The zero-order valence-corrected chi connectivity index (χ0v) is 19.8. The molecular formula is C22H28BN4O4P. The van der Waals surface area contributed by atoms with Crippen LogP contribution in [0.25, 0.3) is 16.7 Å². The number of fused-ring (bicyclic) bond motifs is 1. The topological polar surface area (TPSA) is 101 Å². The van der Waals surface area contributed by atoms with Gasteiger partial charge in [0.05, 0.1) is 17.7 Å².